The van der Waals surface area contributed by atoms with Gasteiger partial charge in [-0.15, -0.1) is 0 Å². The van der Waals surface area contributed by atoms with E-state index in [0.717, 1.165) is 25.9 Å². The van der Waals surface area contributed by atoms with E-state index in [0.29, 0.717) is 0 Å². The maximum absolute atomic E-state index is 11.0. The predicted molar refractivity (Wildman–Crippen MR) is 77.7 cm³/mol. The Kier molecular flexibility index (Phi) is 3.83. The van der Waals surface area contributed by atoms with E-state index in [9.17, 15) is 4.79 Å². The highest BCUT2D eigenvalue weighted by atomic mass is 16.4. The van der Waals surface area contributed by atoms with Crippen LogP contribution >= 0.6 is 0 Å². The van der Waals surface area contributed by atoms with Gasteiger partial charge in [-0.1, -0.05) is 13.0 Å². The number of nitrogens with zero attached hydrogens (tertiary/aromatic N) is 1. The Morgan fingerprint density at radius 2 is 2.11 bits per heavy atom. The first-order chi connectivity index (χ1) is 8.89. The van der Waals surface area contributed by atoms with Gasteiger partial charge in [-0.3, -0.25) is 4.79 Å². The van der Waals surface area contributed by atoms with Crippen LogP contribution in [0.15, 0.2) is 18.2 Å². The van der Waals surface area contributed by atoms with Crippen LogP contribution < -0.4 is 4.90 Å². The number of aryl methyl sites for hydroxylation is 2. The Morgan fingerprint density at radius 3 is 2.74 bits per heavy atom. The summed E-state index contributed by atoms with van der Waals surface area (Å²) in [4.78, 5) is 13.3. The zero-order chi connectivity index (χ0) is 14.0. The molecule has 0 saturated carbocycles. The van der Waals surface area contributed by atoms with Crippen LogP contribution in [0, 0.1) is 19.3 Å². The molecule has 3 heteroatoms. The van der Waals surface area contributed by atoms with E-state index in [-0.39, 0.29) is 11.8 Å². The molecule has 1 unspecified atom stereocenters. The number of aliphatic carboxylic acids is 1. The van der Waals surface area contributed by atoms with Crippen molar-refractivity contribution in [3.8, 4) is 0 Å². The van der Waals surface area contributed by atoms with E-state index in [2.05, 4.69) is 43.9 Å². The molecule has 1 N–H and O–H groups in total. The molecule has 104 valence electrons. The standard InChI is InChI=1S/C16H23NO2/c1-12-5-6-14(9-13(12)2)17-8-4-7-16(3,11-17)10-15(18)19/h5-6,9H,4,7-8,10-11H2,1-3H3,(H,18,19). The molecular weight excluding hydrogens is 238 g/mol. The molecule has 1 saturated heterocycles. The van der Waals surface area contributed by atoms with Crippen LogP contribution in [0.1, 0.15) is 37.3 Å². The zero-order valence-corrected chi connectivity index (χ0v) is 12.1. The van der Waals surface area contributed by atoms with Gasteiger partial charge in [-0.05, 0) is 55.4 Å². The predicted octanol–water partition coefficient (Wildman–Crippen LogP) is 3.38. The first-order valence-corrected chi connectivity index (χ1v) is 6.94. The van der Waals surface area contributed by atoms with Crippen molar-refractivity contribution in [3.05, 3.63) is 29.3 Å². The monoisotopic (exact) mass is 261 g/mol. The summed E-state index contributed by atoms with van der Waals surface area (Å²) in [5, 5.41) is 9.05. The third-order valence-electron chi connectivity index (χ3n) is 4.21. The van der Waals surface area contributed by atoms with E-state index in [1.54, 1.807) is 0 Å². The summed E-state index contributed by atoms with van der Waals surface area (Å²) in [5.74, 6) is -0.690. The summed E-state index contributed by atoms with van der Waals surface area (Å²) < 4.78 is 0. The molecule has 1 aromatic rings. The molecule has 19 heavy (non-hydrogen) atoms. The van der Waals surface area contributed by atoms with E-state index in [4.69, 9.17) is 5.11 Å². The van der Waals surface area contributed by atoms with Crippen LogP contribution in [-0.2, 0) is 4.79 Å². The highest BCUT2D eigenvalue weighted by Gasteiger charge is 2.33. The number of benzene rings is 1. The number of carbonyl (C=O) groups is 1. The van der Waals surface area contributed by atoms with E-state index in [1.165, 1.54) is 16.8 Å². The first kappa shape index (κ1) is 13.9. The fourth-order valence-electron chi connectivity index (χ4n) is 2.97. The van der Waals surface area contributed by atoms with Crippen molar-refractivity contribution >= 4 is 11.7 Å². The molecule has 1 atom stereocenters. The number of rotatable bonds is 3. The zero-order valence-electron chi connectivity index (χ0n) is 12.1. The highest BCUT2D eigenvalue weighted by molar-refractivity contribution is 5.68. The second kappa shape index (κ2) is 5.24. The summed E-state index contributed by atoms with van der Waals surface area (Å²) in [7, 11) is 0. The van der Waals surface area contributed by atoms with Gasteiger partial charge < -0.3 is 10.0 Å². The average Bonchev–Trinajstić information content (AvgIpc) is 2.31. The number of carboxylic acid groups (broad SMARTS) is 1. The van der Waals surface area contributed by atoms with Crippen molar-refractivity contribution in [2.45, 2.75) is 40.0 Å². The summed E-state index contributed by atoms with van der Waals surface area (Å²) >= 11 is 0. The molecule has 0 aromatic heterocycles. The van der Waals surface area contributed by atoms with Gasteiger partial charge in [0, 0.05) is 18.8 Å². The van der Waals surface area contributed by atoms with Gasteiger partial charge in [-0.25, -0.2) is 0 Å². The van der Waals surface area contributed by atoms with Crippen molar-refractivity contribution in [1.29, 1.82) is 0 Å². The van der Waals surface area contributed by atoms with Crippen molar-refractivity contribution in [1.82, 2.24) is 0 Å². The Labute approximate surface area is 115 Å². The maximum Gasteiger partial charge on any atom is 0.303 e. The SMILES string of the molecule is Cc1ccc(N2CCCC(C)(CC(=O)O)C2)cc1C. The van der Waals surface area contributed by atoms with Gasteiger partial charge in [0.15, 0.2) is 0 Å². The molecule has 1 fully saturated rings. The Balaban J connectivity index is 2.16. The number of hydrogen-bond acceptors (Lipinski definition) is 2. The molecular formula is C16H23NO2. The fraction of sp³-hybridized carbons (Fsp3) is 0.562. The lowest BCUT2D eigenvalue weighted by atomic mass is 9.79. The lowest BCUT2D eigenvalue weighted by Crippen LogP contribution is -2.42. The maximum atomic E-state index is 11.0. The molecule has 2 rings (SSSR count). The Hall–Kier alpha value is -1.51. The molecule has 0 spiro atoms. The molecule has 1 aliphatic rings. The number of carboxylic acids is 1. The number of hydrogen-bond donors (Lipinski definition) is 1. The van der Waals surface area contributed by atoms with Crippen LogP contribution in [0.5, 0.6) is 0 Å². The minimum absolute atomic E-state index is 0.108. The van der Waals surface area contributed by atoms with Crippen molar-refractivity contribution in [2.75, 3.05) is 18.0 Å². The van der Waals surface area contributed by atoms with Crippen LogP contribution in [0.4, 0.5) is 5.69 Å². The molecule has 1 aromatic carbocycles. The van der Waals surface area contributed by atoms with Gasteiger partial charge in [0.1, 0.15) is 0 Å². The summed E-state index contributed by atoms with van der Waals surface area (Å²) in [6, 6.07) is 6.50. The normalized spacial score (nSPS) is 23.4. The smallest absolute Gasteiger partial charge is 0.303 e. The van der Waals surface area contributed by atoms with Gasteiger partial charge >= 0.3 is 5.97 Å². The van der Waals surface area contributed by atoms with Crippen LogP contribution in [-0.4, -0.2) is 24.2 Å². The topological polar surface area (TPSA) is 40.5 Å². The first-order valence-electron chi connectivity index (χ1n) is 6.94. The lowest BCUT2D eigenvalue weighted by Gasteiger charge is -2.41. The molecule has 1 aliphatic heterocycles. The number of anilines is 1. The van der Waals surface area contributed by atoms with E-state index >= 15 is 0 Å². The molecule has 1 heterocycles. The molecule has 0 radical (unpaired) electrons. The van der Waals surface area contributed by atoms with E-state index < -0.39 is 5.97 Å². The minimum Gasteiger partial charge on any atom is -0.481 e. The van der Waals surface area contributed by atoms with Gasteiger partial charge in [-0.2, -0.15) is 0 Å². The molecule has 3 nitrogen and oxygen atoms in total. The quantitative estimate of drug-likeness (QED) is 0.906. The lowest BCUT2D eigenvalue weighted by molar-refractivity contribution is -0.139. The largest absolute Gasteiger partial charge is 0.481 e. The molecule has 0 bridgehead atoms. The Bertz CT molecular complexity index is 484. The molecule has 0 aliphatic carbocycles. The molecule has 0 amide bonds. The Morgan fingerprint density at radius 1 is 1.37 bits per heavy atom. The van der Waals surface area contributed by atoms with Crippen LogP contribution in [0.25, 0.3) is 0 Å². The fourth-order valence-corrected chi connectivity index (χ4v) is 2.97. The summed E-state index contributed by atoms with van der Waals surface area (Å²) in [6.07, 6.45) is 2.33. The third-order valence-corrected chi connectivity index (χ3v) is 4.21. The van der Waals surface area contributed by atoms with Crippen molar-refractivity contribution in [3.63, 3.8) is 0 Å². The van der Waals surface area contributed by atoms with Crippen LogP contribution in [0.2, 0.25) is 0 Å². The van der Waals surface area contributed by atoms with Crippen LogP contribution in [0.3, 0.4) is 0 Å². The van der Waals surface area contributed by atoms with Gasteiger partial charge in [0.2, 0.25) is 0 Å². The average molecular weight is 261 g/mol. The summed E-state index contributed by atoms with van der Waals surface area (Å²) in [6.45, 7) is 8.19. The second-order valence-electron chi connectivity index (χ2n) is 6.17. The summed E-state index contributed by atoms with van der Waals surface area (Å²) in [5.41, 5.74) is 3.71. The minimum atomic E-state index is -0.690. The van der Waals surface area contributed by atoms with E-state index in [1.807, 2.05) is 0 Å². The third kappa shape index (κ3) is 3.28. The second-order valence-corrected chi connectivity index (χ2v) is 6.17. The van der Waals surface area contributed by atoms with Gasteiger partial charge in [0.05, 0.1) is 6.42 Å². The van der Waals surface area contributed by atoms with Gasteiger partial charge in [0.25, 0.3) is 0 Å². The highest BCUT2D eigenvalue weighted by Crippen LogP contribution is 2.35. The number of piperidine rings is 1. The van der Waals surface area contributed by atoms with Crippen molar-refractivity contribution < 1.29 is 9.90 Å². The van der Waals surface area contributed by atoms with Crippen molar-refractivity contribution in [2.24, 2.45) is 5.41 Å².